The van der Waals surface area contributed by atoms with Crippen molar-refractivity contribution in [2.75, 3.05) is 19.7 Å². The SMILES string of the molecule is O=C(O)CC(O)CNC(=O)CC1CCC(CNC(=O)OCC2c3ccccc3-c3ccccc32)C1. The van der Waals surface area contributed by atoms with Crippen molar-refractivity contribution in [2.45, 2.75) is 44.1 Å². The number of nitrogens with one attached hydrogen (secondary N) is 2. The number of carbonyl (C=O) groups excluding carboxylic acids is 2. The Bertz CT molecular complexity index is 1030. The summed E-state index contributed by atoms with van der Waals surface area (Å²) in [6.07, 6.45) is 1.06. The molecule has 0 spiro atoms. The number of ether oxygens (including phenoxy) is 1. The monoisotopic (exact) mass is 480 g/mol. The molecule has 0 bridgehead atoms. The average Bonchev–Trinajstić information content (AvgIpc) is 3.42. The Morgan fingerprint density at radius 2 is 1.57 bits per heavy atom. The number of carboxylic acid groups (broad SMARTS) is 1. The number of amides is 2. The third kappa shape index (κ3) is 6.39. The molecule has 2 amide bonds. The molecule has 2 aliphatic rings. The summed E-state index contributed by atoms with van der Waals surface area (Å²) < 4.78 is 5.59. The Morgan fingerprint density at radius 1 is 0.943 bits per heavy atom. The Kier molecular flexibility index (Phi) is 8.02. The van der Waals surface area contributed by atoms with Gasteiger partial charge < -0.3 is 25.6 Å². The Labute approximate surface area is 204 Å². The maximum Gasteiger partial charge on any atom is 0.407 e. The van der Waals surface area contributed by atoms with E-state index in [2.05, 4.69) is 34.9 Å². The van der Waals surface area contributed by atoms with Crippen molar-refractivity contribution in [3.05, 3.63) is 59.7 Å². The molecule has 8 heteroatoms. The van der Waals surface area contributed by atoms with Crippen molar-refractivity contribution in [2.24, 2.45) is 11.8 Å². The standard InChI is InChI=1S/C27H32N2O6/c30-19(13-26(32)33)15-28-25(31)12-17-9-10-18(11-17)14-29-27(34)35-16-24-22-7-3-1-5-20(22)21-6-2-4-8-23(21)24/h1-8,17-19,24,30H,9-16H2,(H,28,31)(H,29,34)(H,32,33). The molecule has 186 valence electrons. The van der Waals surface area contributed by atoms with Crippen LogP contribution in [0.15, 0.2) is 48.5 Å². The largest absolute Gasteiger partial charge is 0.481 e. The fourth-order valence-corrected chi connectivity index (χ4v) is 5.27. The Hall–Kier alpha value is -3.39. The second kappa shape index (κ2) is 11.4. The smallest absolute Gasteiger partial charge is 0.407 e. The van der Waals surface area contributed by atoms with Crippen LogP contribution in [0.2, 0.25) is 0 Å². The van der Waals surface area contributed by atoms with Crippen LogP contribution in [-0.4, -0.2) is 54.0 Å². The Morgan fingerprint density at radius 3 is 2.23 bits per heavy atom. The summed E-state index contributed by atoms with van der Waals surface area (Å²) in [6, 6.07) is 16.4. The number of benzene rings is 2. The first-order chi connectivity index (χ1) is 16.9. The normalized spacial score (nSPS) is 19.5. The summed E-state index contributed by atoms with van der Waals surface area (Å²) in [7, 11) is 0. The molecule has 2 aromatic rings. The molecule has 0 saturated heterocycles. The van der Waals surface area contributed by atoms with Gasteiger partial charge in [-0.3, -0.25) is 9.59 Å². The highest BCUT2D eigenvalue weighted by Crippen LogP contribution is 2.44. The van der Waals surface area contributed by atoms with Crippen LogP contribution in [0.5, 0.6) is 0 Å². The second-order valence-corrected chi connectivity index (χ2v) is 9.51. The number of carboxylic acids is 1. The van der Waals surface area contributed by atoms with E-state index in [1.165, 1.54) is 22.3 Å². The lowest BCUT2D eigenvalue weighted by Crippen LogP contribution is -2.34. The van der Waals surface area contributed by atoms with Gasteiger partial charge in [0.15, 0.2) is 0 Å². The number of carbonyl (C=O) groups is 3. The summed E-state index contributed by atoms with van der Waals surface area (Å²) in [5.74, 6) is -0.776. The summed E-state index contributed by atoms with van der Waals surface area (Å²) in [5, 5.41) is 23.7. The topological polar surface area (TPSA) is 125 Å². The molecule has 8 nitrogen and oxygen atoms in total. The predicted molar refractivity (Wildman–Crippen MR) is 130 cm³/mol. The molecule has 4 N–H and O–H groups in total. The fraction of sp³-hybridized carbons (Fsp3) is 0.444. The van der Waals surface area contributed by atoms with Gasteiger partial charge in [0.2, 0.25) is 5.91 Å². The number of aliphatic carboxylic acids is 1. The second-order valence-electron chi connectivity index (χ2n) is 9.51. The van der Waals surface area contributed by atoms with Gasteiger partial charge >= 0.3 is 12.1 Å². The molecule has 4 rings (SSSR count). The molecule has 1 saturated carbocycles. The highest BCUT2D eigenvalue weighted by molar-refractivity contribution is 5.79. The van der Waals surface area contributed by atoms with Crippen LogP contribution in [0.1, 0.15) is 49.1 Å². The van der Waals surface area contributed by atoms with Crippen LogP contribution in [0.3, 0.4) is 0 Å². The number of alkyl carbamates (subject to hydrolysis) is 1. The summed E-state index contributed by atoms with van der Waals surface area (Å²) in [4.78, 5) is 35.1. The van der Waals surface area contributed by atoms with Gasteiger partial charge in [-0.15, -0.1) is 0 Å². The first-order valence-corrected chi connectivity index (χ1v) is 12.2. The van der Waals surface area contributed by atoms with E-state index in [-0.39, 0.29) is 36.8 Å². The summed E-state index contributed by atoms with van der Waals surface area (Å²) in [5.41, 5.74) is 4.73. The molecular formula is C27H32N2O6. The number of fused-ring (bicyclic) bond motifs is 3. The van der Waals surface area contributed by atoms with E-state index in [0.29, 0.717) is 13.0 Å². The maximum atomic E-state index is 12.4. The Balaban J connectivity index is 1.17. The zero-order chi connectivity index (χ0) is 24.8. The summed E-state index contributed by atoms with van der Waals surface area (Å²) >= 11 is 0. The molecule has 3 atom stereocenters. The minimum Gasteiger partial charge on any atom is -0.481 e. The van der Waals surface area contributed by atoms with Crippen LogP contribution in [0.4, 0.5) is 4.79 Å². The number of hydrogen-bond acceptors (Lipinski definition) is 5. The lowest BCUT2D eigenvalue weighted by molar-refractivity contribution is -0.139. The molecule has 2 aromatic carbocycles. The van der Waals surface area contributed by atoms with Crippen LogP contribution in [0, 0.1) is 11.8 Å². The minimum absolute atomic E-state index is 0.0246. The molecule has 0 aliphatic heterocycles. The molecular weight excluding hydrogens is 448 g/mol. The van der Waals surface area contributed by atoms with Crippen molar-refractivity contribution in [1.29, 1.82) is 0 Å². The van der Waals surface area contributed by atoms with Crippen LogP contribution in [0.25, 0.3) is 11.1 Å². The van der Waals surface area contributed by atoms with Gasteiger partial charge in [-0.1, -0.05) is 48.5 Å². The van der Waals surface area contributed by atoms with Gasteiger partial charge in [0, 0.05) is 25.4 Å². The highest BCUT2D eigenvalue weighted by Gasteiger charge is 2.30. The molecule has 3 unspecified atom stereocenters. The van der Waals surface area contributed by atoms with Crippen molar-refractivity contribution in [1.82, 2.24) is 10.6 Å². The quantitative estimate of drug-likeness (QED) is 0.414. The van der Waals surface area contributed by atoms with Crippen molar-refractivity contribution >= 4 is 18.0 Å². The van der Waals surface area contributed by atoms with E-state index in [1.54, 1.807) is 0 Å². The predicted octanol–water partition coefficient (Wildman–Crippen LogP) is 3.28. The summed E-state index contributed by atoms with van der Waals surface area (Å²) in [6.45, 7) is 0.720. The molecule has 2 aliphatic carbocycles. The molecule has 0 radical (unpaired) electrons. The van der Waals surface area contributed by atoms with Crippen LogP contribution < -0.4 is 10.6 Å². The van der Waals surface area contributed by atoms with E-state index in [4.69, 9.17) is 9.84 Å². The lowest BCUT2D eigenvalue weighted by Gasteiger charge is -2.16. The van der Waals surface area contributed by atoms with Gasteiger partial charge in [0.05, 0.1) is 12.5 Å². The first kappa shape index (κ1) is 24.7. The van der Waals surface area contributed by atoms with Crippen molar-refractivity contribution < 1.29 is 29.3 Å². The molecule has 0 aromatic heterocycles. The zero-order valence-corrected chi connectivity index (χ0v) is 19.6. The van der Waals surface area contributed by atoms with E-state index in [9.17, 15) is 19.5 Å². The number of hydrogen-bond donors (Lipinski definition) is 4. The number of aliphatic hydroxyl groups is 1. The first-order valence-electron chi connectivity index (χ1n) is 12.2. The van der Waals surface area contributed by atoms with Crippen LogP contribution >= 0.6 is 0 Å². The van der Waals surface area contributed by atoms with Crippen molar-refractivity contribution in [3.8, 4) is 11.1 Å². The number of rotatable bonds is 10. The van der Waals surface area contributed by atoms with E-state index in [0.717, 1.165) is 19.3 Å². The third-order valence-electron chi connectivity index (χ3n) is 6.95. The van der Waals surface area contributed by atoms with Gasteiger partial charge in [-0.05, 0) is 53.4 Å². The zero-order valence-electron chi connectivity index (χ0n) is 19.6. The van der Waals surface area contributed by atoms with Gasteiger partial charge in [-0.2, -0.15) is 0 Å². The highest BCUT2D eigenvalue weighted by atomic mass is 16.5. The van der Waals surface area contributed by atoms with Crippen molar-refractivity contribution in [3.63, 3.8) is 0 Å². The van der Waals surface area contributed by atoms with E-state index >= 15 is 0 Å². The average molecular weight is 481 g/mol. The van der Waals surface area contributed by atoms with Gasteiger partial charge in [0.25, 0.3) is 0 Å². The van der Waals surface area contributed by atoms with Crippen LogP contribution in [-0.2, 0) is 14.3 Å². The fourth-order valence-electron chi connectivity index (χ4n) is 5.27. The molecule has 0 heterocycles. The molecule has 1 fully saturated rings. The van der Waals surface area contributed by atoms with E-state index < -0.39 is 24.6 Å². The van der Waals surface area contributed by atoms with E-state index in [1.807, 2.05) is 24.3 Å². The van der Waals surface area contributed by atoms with Gasteiger partial charge in [-0.25, -0.2) is 4.79 Å². The third-order valence-corrected chi connectivity index (χ3v) is 6.95. The minimum atomic E-state index is -1.10. The number of aliphatic hydroxyl groups excluding tert-OH is 1. The lowest BCUT2D eigenvalue weighted by atomic mass is 9.98. The van der Waals surface area contributed by atoms with Gasteiger partial charge in [0.1, 0.15) is 6.61 Å². The maximum absolute atomic E-state index is 12.4. The molecule has 35 heavy (non-hydrogen) atoms.